The molecule has 1 N–H and O–H groups in total. The highest BCUT2D eigenvalue weighted by atomic mass is 35.5. The van der Waals surface area contributed by atoms with Gasteiger partial charge in [0.25, 0.3) is 5.56 Å². The summed E-state index contributed by atoms with van der Waals surface area (Å²) >= 11 is 5.81. The lowest BCUT2D eigenvalue weighted by Crippen LogP contribution is -2.19. The number of aromatic nitrogens is 1. The van der Waals surface area contributed by atoms with Crippen LogP contribution in [0.4, 0.5) is 5.82 Å². The van der Waals surface area contributed by atoms with Gasteiger partial charge in [-0.15, -0.1) is 0 Å². The van der Waals surface area contributed by atoms with Crippen molar-refractivity contribution in [1.82, 2.24) is 4.57 Å². The van der Waals surface area contributed by atoms with E-state index in [1.165, 1.54) is 6.07 Å². The van der Waals surface area contributed by atoms with Crippen molar-refractivity contribution in [3.05, 3.63) is 62.9 Å². The first-order valence-electron chi connectivity index (χ1n) is 5.95. The van der Waals surface area contributed by atoms with E-state index in [0.29, 0.717) is 35.1 Å². The van der Waals surface area contributed by atoms with E-state index in [-0.39, 0.29) is 11.3 Å². The van der Waals surface area contributed by atoms with Gasteiger partial charge in [0, 0.05) is 29.7 Å². The summed E-state index contributed by atoms with van der Waals surface area (Å²) in [6.45, 7) is 1.26. The molecule has 0 unspecified atom stereocenters. The Balaban J connectivity index is 2.08. The summed E-state index contributed by atoms with van der Waals surface area (Å²) in [4.78, 5) is 24.1. The number of hydrogen-bond donors (Lipinski definition) is 1. The van der Waals surface area contributed by atoms with Gasteiger partial charge in [0.05, 0.1) is 5.56 Å². The molecule has 2 heterocycles. The van der Waals surface area contributed by atoms with Crippen molar-refractivity contribution in [2.24, 2.45) is 0 Å². The molecule has 0 bridgehead atoms. The van der Waals surface area contributed by atoms with Crippen LogP contribution in [0.1, 0.15) is 15.9 Å². The molecular formula is C14H11ClN2O2. The quantitative estimate of drug-likeness (QED) is 0.854. The second kappa shape index (κ2) is 4.55. The molecule has 1 aromatic carbocycles. The van der Waals surface area contributed by atoms with Gasteiger partial charge in [-0.2, -0.15) is 0 Å². The number of benzene rings is 1. The topological polar surface area (TPSA) is 51.1 Å². The normalized spacial score (nSPS) is 12.9. The smallest absolute Gasteiger partial charge is 0.252 e. The van der Waals surface area contributed by atoms with Crippen molar-refractivity contribution in [3.8, 4) is 0 Å². The second-order valence-corrected chi connectivity index (χ2v) is 4.78. The maximum atomic E-state index is 12.4. The zero-order valence-electron chi connectivity index (χ0n) is 10.0. The number of nitrogens with zero attached hydrogens (tertiary/aromatic N) is 1. The van der Waals surface area contributed by atoms with Gasteiger partial charge in [-0.1, -0.05) is 11.6 Å². The Morgan fingerprint density at radius 2 is 1.89 bits per heavy atom. The number of carbonyl (C=O) groups excluding carboxylic acids is 1. The lowest BCUT2D eigenvalue weighted by molar-refractivity contribution is 0.103. The zero-order chi connectivity index (χ0) is 13.4. The molecule has 0 spiro atoms. The Labute approximate surface area is 114 Å². The minimum Gasteiger partial charge on any atom is -0.369 e. The zero-order valence-corrected chi connectivity index (χ0v) is 10.8. The number of ketones is 1. The van der Waals surface area contributed by atoms with Gasteiger partial charge < -0.3 is 5.32 Å². The fourth-order valence-corrected chi connectivity index (χ4v) is 2.34. The Kier molecular flexibility index (Phi) is 2.87. The molecule has 0 radical (unpaired) electrons. The van der Waals surface area contributed by atoms with Crippen LogP contribution in [0.15, 0.2) is 41.2 Å². The van der Waals surface area contributed by atoms with Gasteiger partial charge in [-0.3, -0.25) is 14.2 Å². The third-order valence-corrected chi connectivity index (χ3v) is 3.41. The number of nitrogens with one attached hydrogen (secondary N) is 1. The Morgan fingerprint density at radius 1 is 1.16 bits per heavy atom. The van der Waals surface area contributed by atoms with Gasteiger partial charge in [0.15, 0.2) is 5.78 Å². The third-order valence-electron chi connectivity index (χ3n) is 3.16. The van der Waals surface area contributed by atoms with E-state index in [9.17, 15) is 9.59 Å². The van der Waals surface area contributed by atoms with E-state index in [1.54, 1.807) is 34.9 Å². The van der Waals surface area contributed by atoms with E-state index in [4.69, 9.17) is 11.6 Å². The number of hydrogen-bond acceptors (Lipinski definition) is 3. The molecule has 4 nitrogen and oxygen atoms in total. The monoisotopic (exact) mass is 274 g/mol. The molecule has 19 heavy (non-hydrogen) atoms. The van der Waals surface area contributed by atoms with E-state index in [2.05, 4.69) is 5.32 Å². The van der Waals surface area contributed by atoms with Crippen LogP contribution in [0.25, 0.3) is 0 Å². The summed E-state index contributed by atoms with van der Waals surface area (Å²) in [5, 5.41) is 3.67. The first kappa shape index (κ1) is 12.0. The van der Waals surface area contributed by atoms with Gasteiger partial charge in [-0.25, -0.2) is 0 Å². The molecular weight excluding hydrogens is 264 g/mol. The summed E-state index contributed by atoms with van der Waals surface area (Å²) < 4.78 is 1.59. The van der Waals surface area contributed by atoms with Gasteiger partial charge >= 0.3 is 0 Å². The molecule has 1 aliphatic rings. The van der Waals surface area contributed by atoms with Crippen LogP contribution in [0.5, 0.6) is 0 Å². The first-order valence-corrected chi connectivity index (χ1v) is 6.32. The highest BCUT2D eigenvalue weighted by Gasteiger charge is 2.20. The lowest BCUT2D eigenvalue weighted by Gasteiger charge is -2.08. The lowest BCUT2D eigenvalue weighted by atomic mass is 10.0. The number of halogens is 1. The van der Waals surface area contributed by atoms with Crippen LogP contribution in [0, 0.1) is 0 Å². The van der Waals surface area contributed by atoms with Crippen LogP contribution < -0.4 is 10.9 Å². The van der Waals surface area contributed by atoms with Crippen molar-refractivity contribution in [3.63, 3.8) is 0 Å². The van der Waals surface area contributed by atoms with Crippen molar-refractivity contribution in [2.75, 3.05) is 11.9 Å². The predicted molar refractivity (Wildman–Crippen MR) is 74.1 cm³/mol. The fourth-order valence-electron chi connectivity index (χ4n) is 2.22. The minimum atomic E-state index is -0.116. The highest BCUT2D eigenvalue weighted by Crippen LogP contribution is 2.21. The van der Waals surface area contributed by atoms with E-state index < -0.39 is 0 Å². The van der Waals surface area contributed by atoms with E-state index in [0.717, 1.165) is 0 Å². The standard InChI is InChI=1S/C14H11ClN2O2/c15-10-3-1-9(2-4-10)13(19)11-5-6-12(18)17-8-7-16-14(11)17/h1-6,16H,7-8H2. The third kappa shape index (κ3) is 2.04. The largest absolute Gasteiger partial charge is 0.369 e. The molecule has 0 saturated carbocycles. The van der Waals surface area contributed by atoms with Gasteiger partial charge in [-0.05, 0) is 30.3 Å². The summed E-state index contributed by atoms with van der Waals surface area (Å²) in [5.74, 6) is 0.488. The van der Waals surface area contributed by atoms with Gasteiger partial charge in [0.2, 0.25) is 0 Å². The minimum absolute atomic E-state index is 0.0901. The molecule has 0 atom stereocenters. The van der Waals surface area contributed by atoms with Crippen LogP contribution >= 0.6 is 11.6 Å². The molecule has 0 aliphatic carbocycles. The molecule has 1 aromatic heterocycles. The van der Waals surface area contributed by atoms with Crippen LogP contribution in [0.2, 0.25) is 5.02 Å². The molecule has 96 valence electrons. The van der Waals surface area contributed by atoms with E-state index in [1.807, 2.05) is 0 Å². The molecule has 5 heteroatoms. The van der Waals surface area contributed by atoms with Crippen molar-refractivity contribution < 1.29 is 4.79 Å². The van der Waals surface area contributed by atoms with Gasteiger partial charge in [0.1, 0.15) is 5.82 Å². The maximum Gasteiger partial charge on any atom is 0.252 e. The SMILES string of the molecule is O=C(c1ccc(Cl)cc1)c1ccc(=O)n2c1NCC2. The van der Waals surface area contributed by atoms with Crippen molar-refractivity contribution >= 4 is 23.2 Å². The summed E-state index contributed by atoms with van der Waals surface area (Å²) in [6, 6.07) is 9.72. The summed E-state index contributed by atoms with van der Waals surface area (Å²) in [7, 11) is 0. The summed E-state index contributed by atoms with van der Waals surface area (Å²) in [6.07, 6.45) is 0. The highest BCUT2D eigenvalue weighted by molar-refractivity contribution is 6.30. The molecule has 0 fully saturated rings. The Bertz CT molecular complexity index is 704. The first-order chi connectivity index (χ1) is 9.16. The maximum absolute atomic E-state index is 12.4. The number of fused-ring (bicyclic) bond motifs is 1. The van der Waals surface area contributed by atoms with Crippen molar-refractivity contribution in [2.45, 2.75) is 6.54 Å². The number of rotatable bonds is 2. The second-order valence-electron chi connectivity index (χ2n) is 4.35. The van der Waals surface area contributed by atoms with Crippen molar-refractivity contribution in [1.29, 1.82) is 0 Å². The Hall–Kier alpha value is -2.07. The predicted octanol–water partition coefficient (Wildman–Crippen LogP) is 2.16. The molecule has 1 aliphatic heterocycles. The van der Waals surface area contributed by atoms with E-state index >= 15 is 0 Å². The van der Waals surface area contributed by atoms with Crippen LogP contribution in [-0.4, -0.2) is 16.9 Å². The number of anilines is 1. The molecule has 0 saturated heterocycles. The van der Waals surface area contributed by atoms with Crippen LogP contribution in [0.3, 0.4) is 0 Å². The molecule has 0 amide bonds. The summed E-state index contributed by atoms with van der Waals surface area (Å²) in [5.41, 5.74) is 0.978. The fraction of sp³-hybridized carbons (Fsp3) is 0.143. The molecule has 2 aromatic rings. The number of pyridine rings is 1. The van der Waals surface area contributed by atoms with Crippen LogP contribution in [-0.2, 0) is 6.54 Å². The molecule has 3 rings (SSSR count). The Morgan fingerprint density at radius 3 is 2.63 bits per heavy atom. The number of carbonyl (C=O) groups is 1. The average molecular weight is 275 g/mol. The average Bonchev–Trinajstić information content (AvgIpc) is 2.89.